The second-order valence-corrected chi connectivity index (χ2v) is 4.05. The number of nitrogens with zero attached hydrogens (tertiary/aromatic N) is 2. The third-order valence-corrected chi connectivity index (χ3v) is 2.44. The Labute approximate surface area is 106 Å². The molecule has 1 aromatic rings. The molecule has 1 rings (SSSR count). The maximum atomic E-state index is 11.7. The number of nitrogens with one attached hydrogen (secondary N) is 3. The van der Waals surface area contributed by atoms with E-state index >= 15 is 0 Å². The molecule has 1 aromatic heterocycles. The van der Waals surface area contributed by atoms with E-state index < -0.39 is 0 Å². The van der Waals surface area contributed by atoms with Crippen molar-refractivity contribution >= 4 is 17.5 Å². The summed E-state index contributed by atoms with van der Waals surface area (Å²) in [5.74, 6) is -0.347. The van der Waals surface area contributed by atoms with Gasteiger partial charge in [-0.2, -0.15) is 5.10 Å². The van der Waals surface area contributed by atoms with Crippen LogP contribution >= 0.6 is 0 Å². The van der Waals surface area contributed by atoms with E-state index in [4.69, 9.17) is 0 Å². The van der Waals surface area contributed by atoms with Gasteiger partial charge >= 0.3 is 0 Å². The normalized spacial score (nSPS) is 11.9. The van der Waals surface area contributed by atoms with Gasteiger partial charge < -0.3 is 16.0 Å². The fourth-order valence-corrected chi connectivity index (χ4v) is 1.41. The van der Waals surface area contributed by atoms with Crippen molar-refractivity contribution in [2.24, 2.45) is 5.92 Å². The summed E-state index contributed by atoms with van der Waals surface area (Å²) in [5.41, 5.74) is 0.590. The minimum absolute atomic E-state index is 0.0798. The van der Waals surface area contributed by atoms with Gasteiger partial charge in [-0.1, -0.05) is 6.92 Å². The van der Waals surface area contributed by atoms with E-state index in [1.807, 2.05) is 6.92 Å². The van der Waals surface area contributed by atoms with Crippen LogP contribution in [-0.2, 0) is 16.1 Å². The highest BCUT2D eigenvalue weighted by molar-refractivity contribution is 5.92. The van der Waals surface area contributed by atoms with Crippen LogP contribution in [0.2, 0.25) is 0 Å². The fraction of sp³-hybridized carbons (Fsp3) is 0.545. The molecule has 0 saturated heterocycles. The Morgan fingerprint density at radius 3 is 2.78 bits per heavy atom. The van der Waals surface area contributed by atoms with Crippen LogP contribution in [0.25, 0.3) is 0 Å². The molecule has 0 aliphatic carbocycles. The van der Waals surface area contributed by atoms with E-state index in [2.05, 4.69) is 21.0 Å². The largest absolute Gasteiger partial charge is 0.358 e. The van der Waals surface area contributed by atoms with E-state index in [1.54, 1.807) is 20.3 Å². The zero-order valence-corrected chi connectivity index (χ0v) is 10.9. The van der Waals surface area contributed by atoms with Crippen LogP contribution in [0.1, 0.15) is 6.92 Å². The number of likely N-dealkylation sites (N-methyl/N-ethyl adjacent to an activating group) is 1. The first-order chi connectivity index (χ1) is 8.56. The van der Waals surface area contributed by atoms with Gasteiger partial charge in [0.25, 0.3) is 0 Å². The van der Waals surface area contributed by atoms with Gasteiger partial charge in [-0.3, -0.25) is 14.3 Å². The number of hydrogen-bond acceptors (Lipinski definition) is 4. The molecule has 0 fully saturated rings. The van der Waals surface area contributed by atoms with Crippen molar-refractivity contribution in [3.63, 3.8) is 0 Å². The summed E-state index contributed by atoms with van der Waals surface area (Å²) >= 11 is 0. The Morgan fingerprint density at radius 2 is 2.17 bits per heavy atom. The molecule has 3 N–H and O–H groups in total. The van der Waals surface area contributed by atoms with E-state index in [0.717, 1.165) is 0 Å². The Kier molecular flexibility index (Phi) is 5.31. The lowest BCUT2D eigenvalue weighted by atomic mass is 10.1. The first-order valence-corrected chi connectivity index (χ1v) is 5.75. The number of aromatic nitrogens is 2. The zero-order chi connectivity index (χ0) is 13.5. The number of carbonyl (C=O) groups excluding carboxylic acids is 2. The topological polar surface area (TPSA) is 88.1 Å². The number of anilines is 1. The summed E-state index contributed by atoms with van der Waals surface area (Å²) in [5, 5.41) is 12.2. The van der Waals surface area contributed by atoms with Crippen LogP contribution < -0.4 is 16.0 Å². The van der Waals surface area contributed by atoms with Gasteiger partial charge in [-0.15, -0.1) is 0 Å². The van der Waals surface area contributed by atoms with Gasteiger partial charge in [-0.05, 0) is 7.05 Å². The minimum Gasteiger partial charge on any atom is -0.358 e. The summed E-state index contributed by atoms with van der Waals surface area (Å²) in [6, 6.07) is 0. The molecule has 0 saturated carbocycles. The highest BCUT2D eigenvalue weighted by atomic mass is 16.2. The van der Waals surface area contributed by atoms with Crippen LogP contribution in [-0.4, -0.2) is 42.2 Å². The van der Waals surface area contributed by atoms with Crippen molar-refractivity contribution in [3.8, 4) is 0 Å². The molecule has 100 valence electrons. The number of amides is 2. The second-order valence-electron chi connectivity index (χ2n) is 4.05. The molecule has 7 heteroatoms. The summed E-state index contributed by atoms with van der Waals surface area (Å²) in [4.78, 5) is 22.9. The van der Waals surface area contributed by atoms with Crippen molar-refractivity contribution in [2.75, 3.05) is 26.0 Å². The van der Waals surface area contributed by atoms with E-state index in [1.165, 1.54) is 10.9 Å². The molecular weight excluding hydrogens is 234 g/mol. The van der Waals surface area contributed by atoms with Crippen LogP contribution in [0, 0.1) is 5.92 Å². The average Bonchev–Trinajstić information content (AvgIpc) is 2.76. The quantitative estimate of drug-likeness (QED) is 0.633. The summed E-state index contributed by atoms with van der Waals surface area (Å²) < 4.78 is 1.47. The zero-order valence-electron chi connectivity index (χ0n) is 10.9. The monoisotopic (exact) mass is 253 g/mol. The molecule has 1 heterocycles. The Bertz CT molecular complexity index is 415. The van der Waals surface area contributed by atoms with Gasteiger partial charge in [0, 0.05) is 25.7 Å². The molecule has 0 spiro atoms. The lowest BCUT2D eigenvalue weighted by Crippen LogP contribution is -2.28. The fourth-order valence-electron chi connectivity index (χ4n) is 1.41. The van der Waals surface area contributed by atoms with Gasteiger partial charge in [-0.25, -0.2) is 0 Å². The molecule has 2 amide bonds. The standard InChI is InChI=1S/C11H19N5O2/c1-8(4-12-2)11(18)15-9-5-14-16(6-9)7-10(17)13-3/h5-6,8,12H,4,7H2,1-3H3,(H,13,17)(H,15,18). The third kappa shape index (κ3) is 4.17. The predicted octanol–water partition coefficient (Wildman–Crippen LogP) is -0.577. The van der Waals surface area contributed by atoms with Crippen LogP contribution in [0.15, 0.2) is 12.4 Å². The first-order valence-electron chi connectivity index (χ1n) is 5.75. The number of carbonyl (C=O) groups is 2. The van der Waals surface area contributed by atoms with E-state index in [-0.39, 0.29) is 24.3 Å². The highest BCUT2D eigenvalue weighted by Gasteiger charge is 2.12. The molecule has 1 atom stereocenters. The van der Waals surface area contributed by atoms with Crippen molar-refractivity contribution in [1.29, 1.82) is 0 Å². The molecule has 0 radical (unpaired) electrons. The van der Waals surface area contributed by atoms with E-state index in [0.29, 0.717) is 12.2 Å². The third-order valence-electron chi connectivity index (χ3n) is 2.44. The highest BCUT2D eigenvalue weighted by Crippen LogP contribution is 2.07. The summed E-state index contributed by atoms with van der Waals surface area (Å²) in [6.07, 6.45) is 3.15. The molecular formula is C11H19N5O2. The molecule has 1 unspecified atom stereocenters. The smallest absolute Gasteiger partial charge is 0.241 e. The van der Waals surface area contributed by atoms with Crippen molar-refractivity contribution < 1.29 is 9.59 Å². The Hall–Kier alpha value is -1.89. The van der Waals surface area contributed by atoms with Crippen molar-refractivity contribution in [3.05, 3.63) is 12.4 Å². The van der Waals surface area contributed by atoms with Crippen molar-refractivity contribution in [1.82, 2.24) is 20.4 Å². The maximum absolute atomic E-state index is 11.7. The molecule has 0 bridgehead atoms. The van der Waals surface area contributed by atoms with Crippen LogP contribution in [0.4, 0.5) is 5.69 Å². The molecule has 0 aliphatic rings. The molecule has 18 heavy (non-hydrogen) atoms. The number of hydrogen-bond donors (Lipinski definition) is 3. The second kappa shape index (κ2) is 6.75. The lowest BCUT2D eigenvalue weighted by Gasteiger charge is -2.09. The lowest BCUT2D eigenvalue weighted by molar-refractivity contribution is -0.121. The van der Waals surface area contributed by atoms with Crippen LogP contribution in [0.5, 0.6) is 0 Å². The van der Waals surface area contributed by atoms with Gasteiger partial charge in [0.1, 0.15) is 6.54 Å². The predicted molar refractivity (Wildman–Crippen MR) is 68.0 cm³/mol. The molecule has 7 nitrogen and oxygen atoms in total. The summed E-state index contributed by atoms with van der Waals surface area (Å²) in [6.45, 7) is 2.58. The maximum Gasteiger partial charge on any atom is 0.241 e. The summed E-state index contributed by atoms with van der Waals surface area (Å²) in [7, 11) is 3.36. The van der Waals surface area contributed by atoms with E-state index in [9.17, 15) is 9.59 Å². The molecule has 0 aliphatic heterocycles. The first kappa shape index (κ1) is 14.2. The van der Waals surface area contributed by atoms with Gasteiger partial charge in [0.2, 0.25) is 11.8 Å². The average molecular weight is 253 g/mol. The van der Waals surface area contributed by atoms with Crippen LogP contribution in [0.3, 0.4) is 0 Å². The number of rotatable bonds is 6. The SMILES string of the molecule is CNCC(C)C(=O)Nc1cnn(CC(=O)NC)c1. The van der Waals surface area contributed by atoms with Gasteiger partial charge in [0.05, 0.1) is 11.9 Å². The molecule has 0 aromatic carbocycles. The minimum atomic E-state index is -0.139. The van der Waals surface area contributed by atoms with Gasteiger partial charge in [0.15, 0.2) is 0 Å². The Balaban J connectivity index is 2.53. The Morgan fingerprint density at radius 1 is 1.44 bits per heavy atom. The van der Waals surface area contributed by atoms with Crippen molar-refractivity contribution in [2.45, 2.75) is 13.5 Å².